The van der Waals surface area contributed by atoms with Gasteiger partial charge < -0.3 is 20.2 Å². The number of likely N-dealkylation sites (tertiary alicyclic amines) is 1. The van der Waals surface area contributed by atoms with Gasteiger partial charge in [-0.05, 0) is 12.8 Å². The summed E-state index contributed by atoms with van der Waals surface area (Å²) in [7, 11) is 3.07. The van der Waals surface area contributed by atoms with Gasteiger partial charge in [-0.15, -0.1) is 0 Å². The zero-order chi connectivity index (χ0) is 13.7. The molecular formula is C11H19N3O4. The Morgan fingerprint density at radius 1 is 1.33 bits per heavy atom. The number of hydrogen-bond donors (Lipinski definition) is 2. The van der Waals surface area contributed by atoms with E-state index in [1.165, 1.54) is 11.9 Å². The Hall–Kier alpha value is -1.79. The molecule has 0 radical (unpaired) electrons. The van der Waals surface area contributed by atoms with Gasteiger partial charge in [-0.25, -0.2) is 4.79 Å². The van der Waals surface area contributed by atoms with Crippen molar-refractivity contribution in [3.63, 3.8) is 0 Å². The average molecular weight is 257 g/mol. The van der Waals surface area contributed by atoms with Crippen LogP contribution in [0.2, 0.25) is 0 Å². The van der Waals surface area contributed by atoms with Crippen LogP contribution < -0.4 is 5.32 Å². The Balaban J connectivity index is 2.44. The molecule has 0 aliphatic carbocycles. The molecule has 0 atom stereocenters. The summed E-state index contributed by atoms with van der Waals surface area (Å²) in [5, 5.41) is 11.3. The van der Waals surface area contributed by atoms with Crippen molar-refractivity contribution < 1.29 is 19.5 Å². The van der Waals surface area contributed by atoms with Crippen LogP contribution >= 0.6 is 0 Å². The first-order valence-electron chi connectivity index (χ1n) is 5.89. The van der Waals surface area contributed by atoms with Gasteiger partial charge >= 0.3 is 12.0 Å². The molecule has 0 unspecified atom stereocenters. The molecule has 1 saturated heterocycles. The quantitative estimate of drug-likeness (QED) is 0.718. The van der Waals surface area contributed by atoms with Crippen LogP contribution in [0.4, 0.5) is 4.79 Å². The van der Waals surface area contributed by atoms with E-state index in [1.54, 1.807) is 11.9 Å². The zero-order valence-corrected chi connectivity index (χ0v) is 10.7. The summed E-state index contributed by atoms with van der Waals surface area (Å²) in [5.74, 6) is -1.40. The van der Waals surface area contributed by atoms with Crippen LogP contribution in [0, 0.1) is 5.92 Å². The maximum absolute atomic E-state index is 12.0. The van der Waals surface area contributed by atoms with E-state index in [9.17, 15) is 14.4 Å². The molecule has 102 valence electrons. The molecule has 1 fully saturated rings. The summed E-state index contributed by atoms with van der Waals surface area (Å²) >= 11 is 0. The molecule has 7 heteroatoms. The van der Waals surface area contributed by atoms with Gasteiger partial charge in [0.2, 0.25) is 5.91 Å². The number of rotatable bonds is 3. The number of carboxylic acid groups (broad SMARTS) is 1. The second-order valence-corrected chi connectivity index (χ2v) is 4.41. The number of nitrogens with one attached hydrogen (secondary N) is 1. The Bertz CT molecular complexity index is 337. The highest BCUT2D eigenvalue weighted by molar-refractivity contribution is 5.83. The molecule has 0 saturated carbocycles. The van der Waals surface area contributed by atoms with E-state index in [2.05, 4.69) is 5.32 Å². The Labute approximate surface area is 106 Å². The molecule has 1 rings (SSSR count). The molecular weight excluding hydrogens is 238 g/mol. The number of likely N-dealkylation sites (N-methyl/N-ethyl adjacent to an activating group) is 2. The van der Waals surface area contributed by atoms with Crippen LogP contribution in [0.5, 0.6) is 0 Å². The highest BCUT2D eigenvalue weighted by Crippen LogP contribution is 2.18. The second kappa shape index (κ2) is 6.23. The summed E-state index contributed by atoms with van der Waals surface area (Å²) in [6.07, 6.45) is 0.934. The maximum Gasteiger partial charge on any atom is 0.320 e. The lowest BCUT2D eigenvalue weighted by atomic mass is 9.97. The summed E-state index contributed by atoms with van der Waals surface area (Å²) in [6.45, 7) is 0.857. The maximum atomic E-state index is 12.0. The van der Waals surface area contributed by atoms with E-state index in [1.807, 2.05) is 0 Å². The van der Waals surface area contributed by atoms with Gasteiger partial charge in [0.05, 0.1) is 5.92 Å². The van der Waals surface area contributed by atoms with Crippen LogP contribution in [-0.2, 0) is 9.59 Å². The Morgan fingerprint density at radius 2 is 1.89 bits per heavy atom. The fourth-order valence-corrected chi connectivity index (χ4v) is 1.92. The number of piperidine rings is 1. The monoisotopic (exact) mass is 257 g/mol. The van der Waals surface area contributed by atoms with Crippen LogP contribution in [0.25, 0.3) is 0 Å². The minimum absolute atomic E-state index is 0.00813. The van der Waals surface area contributed by atoms with E-state index >= 15 is 0 Å². The number of amides is 3. The Morgan fingerprint density at radius 3 is 2.33 bits per heavy atom. The van der Waals surface area contributed by atoms with Gasteiger partial charge in [-0.2, -0.15) is 0 Å². The van der Waals surface area contributed by atoms with E-state index in [-0.39, 0.29) is 24.4 Å². The molecule has 0 spiro atoms. The molecule has 1 aliphatic rings. The topological polar surface area (TPSA) is 90.0 Å². The molecule has 0 aromatic rings. The highest BCUT2D eigenvalue weighted by Gasteiger charge is 2.28. The van der Waals surface area contributed by atoms with Crippen molar-refractivity contribution in [2.24, 2.45) is 5.92 Å². The fraction of sp³-hybridized carbons (Fsp3) is 0.727. The highest BCUT2D eigenvalue weighted by atomic mass is 16.4. The summed E-state index contributed by atoms with van der Waals surface area (Å²) in [6, 6.07) is -0.234. The zero-order valence-electron chi connectivity index (χ0n) is 10.7. The van der Waals surface area contributed by atoms with Gasteiger partial charge in [-0.3, -0.25) is 9.59 Å². The molecule has 0 aromatic heterocycles. The first-order valence-corrected chi connectivity index (χ1v) is 5.89. The number of hydrogen-bond acceptors (Lipinski definition) is 3. The minimum Gasteiger partial charge on any atom is -0.481 e. The van der Waals surface area contributed by atoms with E-state index in [4.69, 9.17) is 5.11 Å². The van der Waals surface area contributed by atoms with Gasteiger partial charge in [0.15, 0.2) is 0 Å². The van der Waals surface area contributed by atoms with Crippen molar-refractivity contribution in [3.8, 4) is 0 Å². The van der Waals surface area contributed by atoms with Crippen LogP contribution in [-0.4, -0.2) is 66.5 Å². The van der Waals surface area contributed by atoms with Crippen molar-refractivity contribution in [1.82, 2.24) is 15.1 Å². The van der Waals surface area contributed by atoms with E-state index in [0.29, 0.717) is 25.9 Å². The summed E-state index contributed by atoms with van der Waals surface area (Å²) in [5.41, 5.74) is 0. The van der Waals surface area contributed by atoms with Crippen LogP contribution in [0.15, 0.2) is 0 Å². The molecule has 18 heavy (non-hydrogen) atoms. The molecule has 7 nitrogen and oxygen atoms in total. The average Bonchev–Trinajstić information content (AvgIpc) is 2.37. The number of urea groups is 1. The minimum atomic E-state index is -0.805. The lowest BCUT2D eigenvalue weighted by Crippen LogP contribution is -2.48. The second-order valence-electron chi connectivity index (χ2n) is 4.41. The molecule has 3 amide bonds. The summed E-state index contributed by atoms with van der Waals surface area (Å²) in [4.78, 5) is 36.8. The third-order valence-corrected chi connectivity index (χ3v) is 3.10. The number of aliphatic carboxylic acids is 1. The van der Waals surface area contributed by atoms with Crippen molar-refractivity contribution >= 4 is 17.9 Å². The number of carboxylic acids is 1. The molecule has 0 aromatic carbocycles. The lowest BCUT2D eigenvalue weighted by molar-refractivity contribution is -0.143. The van der Waals surface area contributed by atoms with Crippen molar-refractivity contribution in [3.05, 3.63) is 0 Å². The fourth-order valence-electron chi connectivity index (χ4n) is 1.92. The first kappa shape index (κ1) is 14.3. The predicted molar refractivity (Wildman–Crippen MR) is 64.0 cm³/mol. The first-order chi connectivity index (χ1) is 8.45. The normalized spacial score (nSPS) is 16.2. The SMILES string of the molecule is CNC(=O)CN(C)C(=O)N1CCC(C(=O)O)CC1. The molecule has 1 heterocycles. The van der Waals surface area contributed by atoms with Crippen molar-refractivity contribution in [2.45, 2.75) is 12.8 Å². The summed E-state index contributed by atoms with van der Waals surface area (Å²) < 4.78 is 0. The number of nitrogens with zero attached hydrogens (tertiary/aromatic N) is 2. The predicted octanol–water partition coefficient (Wildman–Crippen LogP) is -0.419. The number of carbonyl (C=O) groups excluding carboxylic acids is 2. The number of carbonyl (C=O) groups is 3. The molecule has 2 N–H and O–H groups in total. The van der Waals surface area contributed by atoms with Gasteiger partial charge in [0, 0.05) is 27.2 Å². The van der Waals surface area contributed by atoms with Crippen molar-refractivity contribution in [2.75, 3.05) is 33.7 Å². The van der Waals surface area contributed by atoms with Gasteiger partial charge in [-0.1, -0.05) is 0 Å². The van der Waals surface area contributed by atoms with E-state index in [0.717, 1.165) is 0 Å². The van der Waals surface area contributed by atoms with Crippen LogP contribution in [0.3, 0.4) is 0 Å². The smallest absolute Gasteiger partial charge is 0.320 e. The van der Waals surface area contributed by atoms with E-state index < -0.39 is 5.97 Å². The Kier molecular flexibility index (Phi) is 4.94. The van der Waals surface area contributed by atoms with Crippen LogP contribution in [0.1, 0.15) is 12.8 Å². The molecule has 1 aliphatic heterocycles. The van der Waals surface area contributed by atoms with Gasteiger partial charge in [0.1, 0.15) is 6.54 Å². The standard InChI is InChI=1S/C11H19N3O4/c1-12-9(15)7-13(2)11(18)14-5-3-8(4-6-14)10(16)17/h8H,3-7H2,1-2H3,(H,12,15)(H,16,17). The molecule has 0 bridgehead atoms. The lowest BCUT2D eigenvalue weighted by Gasteiger charge is -2.33. The third kappa shape index (κ3) is 3.61. The third-order valence-electron chi connectivity index (χ3n) is 3.10. The largest absolute Gasteiger partial charge is 0.481 e. The van der Waals surface area contributed by atoms with Gasteiger partial charge in [0.25, 0.3) is 0 Å². The van der Waals surface area contributed by atoms with Crippen molar-refractivity contribution in [1.29, 1.82) is 0 Å².